The minimum absolute atomic E-state index is 0.0459. The van der Waals surface area contributed by atoms with Crippen LogP contribution in [0.2, 0.25) is 0 Å². The second kappa shape index (κ2) is 21.3. The van der Waals surface area contributed by atoms with Crippen LogP contribution in [0.4, 0.5) is 0 Å². The molecular weight excluding hydrogens is 570 g/mol. The molecule has 0 heterocycles. The molecule has 0 saturated heterocycles. The lowest BCUT2D eigenvalue weighted by Gasteiger charge is -2.27. The first kappa shape index (κ1) is 38.5. The Hall–Kier alpha value is -3.46. The largest absolute Gasteiger partial charge is 0.370 e. The molecule has 0 saturated carbocycles. The highest BCUT2D eigenvalue weighted by atomic mass is 35.5. The molecule has 0 fully saturated rings. The van der Waals surface area contributed by atoms with Gasteiger partial charge in [-0.15, -0.1) is 11.6 Å². The number of amides is 5. The maximum atomic E-state index is 13.4. The molecule has 0 aromatic carbocycles. The van der Waals surface area contributed by atoms with Crippen LogP contribution >= 0.6 is 11.6 Å². The topological polar surface area (TPSA) is 267 Å². The summed E-state index contributed by atoms with van der Waals surface area (Å²) < 4.78 is 0. The summed E-state index contributed by atoms with van der Waals surface area (Å²) in [4.78, 5) is 79.1. The van der Waals surface area contributed by atoms with E-state index >= 15 is 0 Å². The molecule has 0 aromatic rings. The van der Waals surface area contributed by atoms with E-state index in [0.717, 1.165) is 0 Å². The highest BCUT2D eigenvalue weighted by Gasteiger charge is 2.31. The van der Waals surface area contributed by atoms with Crippen molar-refractivity contribution in [1.82, 2.24) is 21.3 Å². The van der Waals surface area contributed by atoms with E-state index < -0.39 is 59.5 Å². The Balaban J connectivity index is 5.81. The molecule has 16 heteroatoms. The minimum Gasteiger partial charge on any atom is -0.370 e. The highest BCUT2D eigenvalue weighted by Crippen LogP contribution is 2.10. The third-order valence-corrected chi connectivity index (χ3v) is 6.34. The Morgan fingerprint density at radius 1 is 0.738 bits per heavy atom. The number of Topliss-reactive ketones (excluding diaryl/α,β-unsaturated/α-hetero) is 1. The summed E-state index contributed by atoms with van der Waals surface area (Å²) in [5.41, 5.74) is 21.4. The first-order valence-corrected chi connectivity index (χ1v) is 14.6. The number of guanidine groups is 1. The number of nitrogens with two attached hydrogens (primary N) is 4. The van der Waals surface area contributed by atoms with Crippen molar-refractivity contribution in [2.24, 2.45) is 33.8 Å². The van der Waals surface area contributed by atoms with Crippen LogP contribution in [-0.4, -0.2) is 84.4 Å². The van der Waals surface area contributed by atoms with Gasteiger partial charge in [-0.25, -0.2) is 0 Å². The van der Waals surface area contributed by atoms with Crippen LogP contribution in [0.5, 0.6) is 0 Å². The summed E-state index contributed by atoms with van der Waals surface area (Å²) in [6.07, 6.45) is 1.90. The van der Waals surface area contributed by atoms with Crippen molar-refractivity contribution in [2.45, 2.75) is 96.3 Å². The predicted octanol–water partition coefficient (Wildman–Crippen LogP) is -1.75. The number of rotatable bonds is 22. The Bertz CT molecular complexity index is 943. The number of halogens is 1. The molecule has 0 spiro atoms. The normalized spacial score (nSPS) is 13.7. The fourth-order valence-electron chi connectivity index (χ4n) is 3.99. The number of aliphatic imine (C=N–C) groups is 1. The van der Waals surface area contributed by atoms with E-state index in [1.165, 1.54) is 6.92 Å². The second-order valence-corrected chi connectivity index (χ2v) is 10.7. The fraction of sp³-hybridized carbons (Fsp3) is 0.731. The molecule has 0 radical (unpaired) electrons. The number of alkyl halides is 1. The molecule has 0 rings (SSSR count). The van der Waals surface area contributed by atoms with Gasteiger partial charge in [-0.3, -0.25) is 33.8 Å². The Kier molecular flexibility index (Phi) is 19.5. The van der Waals surface area contributed by atoms with Crippen molar-refractivity contribution in [3.63, 3.8) is 0 Å². The van der Waals surface area contributed by atoms with Crippen LogP contribution in [0.3, 0.4) is 0 Å². The van der Waals surface area contributed by atoms with Crippen molar-refractivity contribution in [1.29, 1.82) is 0 Å². The van der Waals surface area contributed by atoms with Gasteiger partial charge in [-0.1, -0.05) is 13.8 Å². The maximum Gasteiger partial charge on any atom is 0.243 e. The van der Waals surface area contributed by atoms with Crippen LogP contribution < -0.4 is 44.2 Å². The number of carbonyl (C=O) groups is 6. The molecule has 4 atom stereocenters. The van der Waals surface area contributed by atoms with E-state index in [-0.39, 0.29) is 56.4 Å². The monoisotopic (exact) mass is 617 g/mol. The Morgan fingerprint density at radius 3 is 1.76 bits per heavy atom. The SMILES string of the molecule is CC(=O)NC(CCCCN)C(=O)NC(CCC(N)=O)C(=O)NC(CC(C)C)C(=O)NC(CCCN=C(N)N)C(=O)CCl. The lowest BCUT2D eigenvalue weighted by atomic mass is 10.0. The molecule has 0 aromatic heterocycles. The first-order chi connectivity index (χ1) is 19.7. The number of primary amides is 1. The highest BCUT2D eigenvalue weighted by molar-refractivity contribution is 6.28. The van der Waals surface area contributed by atoms with Gasteiger partial charge >= 0.3 is 0 Å². The minimum atomic E-state index is -1.24. The predicted molar refractivity (Wildman–Crippen MR) is 160 cm³/mol. The van der Waals surface area contributed by atoms with E-state index in [1.54, 1.807) is 0 Å². The fourth-order valence-corrected chi connectivity index (χ4v) is 4.18. The van der Waals surface area contributed by atoms with Gasteiger partial charge in [0.25, 0.3) is 0 Å². The quantitative estimate of drug-likeness (QED) is 0.0295. The number of nitrogens with zero attached hydrogens (tertiary/aromatic N) is 1. The second-order valence-electron chi connectivity index (χ2n) is 10.4. The zero-order valence-corrected chi connectivity index (χ0v) is 25.5. The zero-order valence-electron chi connectivity index (χ0n) is 24.7. The van der Waals surface area contributed by atoms with Gasteiger partial charge in [-0.05, 0) is 57.4 Å². The molecule has 5 amide bonds. The number of carbonyl (C=O) groups excluding carboxylic acids is 6. The molecule has 0 aliphatic carbocycles. The molecule has 12 N–H and O–H groups in total. The Morgan fingerprint density at radius 2 is 1.26 bits per heavy atom. The maximum absolute atomic E-state index is 13.4. The summed E-state index contributed by atoms with van der Waals surface area (Å²) >= 11 is 5.74. The van der Waals surface area contributed by atoms with Crippen molar-refractivity contribution in [3.8, 4) is 0 Å². The molecule has 15 nitrogen and oxygen atoms in total. The van der Waals surface area contributed by atoms with Crippen LogP contribution in [-0.2, 0) is 28.8 Å². The van der Waals surface area contributed by atoms with Crippen LogP contribution in [0.15, 0.2) is 4.99 Å². The van der Waals surface area contributed by atoms with Gasteiger partial charge in [-0.2, -0.15) is 0 Å². The molecule has 0 bridgehead atoms. The average Bonchev–Trinajstić information content (AvgIpc) is 2.90. The van der Waals surface area contributed by atoms with E-state index in [9.17, 15) is 28.8 Å². The number of hydrogen-bond acceptors (Lipinski definition) is 8. The average molecular weight is 618 g/mol. The van der Waals surface area contributed by atoms with Crippen LogP contribution in [0.1, 0.15) is 72.1 Å². The van der Waals surface area contributed by atoms with Gasteiger partial charge in [0.05, 0.1) is 11.9 Å². The van der Waals surface area contributed by atoms with Crippen LogP contribution in [0, 0.1) is 5.92 Å². The smallest absolute Gasteiger partial charge is 0.243 e. The molecule has 42 heavy (non-hydrogen) atoms. The zero-order chi connectivity index (χ0) is 32.2. The van der Waals surface area contributed by atoms with E-state index in [0.29, 0.717) is 25.8 Å². The summed E-state index contributed by atoms with van der Waals surface area (Å²) in [5.74, 6) is -4.03. The van der Waals surface area contributed by atoms with Gasteiger partial charge in [0.1, 0.15) is 18.1 Å². The number of ketones is 1. The molecule has 0 aliphatic rings. The van der Waals surface area contributed by atoms with Crippen molar-refractivity contribution in [3.05, 3.63) is 0 Å². The van der Waals surface area contributed by atoms with Gasteiger partial charge in [0, 0.05) is 19.9 Å². The van der Waals surface area contributed by atoms with Gasteiger partial charge in [0.2, 0.25) is 29.5 Å². The summed E-state index contributed by atoms with van der Waals surface area (Å²) in [6.45, 7) is 5.59. The van der Waals surface area contributed by atoms with Crippen molar-refractivity contribution >= 4 is 52.9 Å². The number of unbranched alkanes of at least 4 members (excludes halogenated alkanes) is 1. The van der Waals surface area contributed by atoms with Gasteiger partial charge < -0.3 is 44.2 Å². The lowest BCUT2D eigenvalue weighted by molar-refractivity contribution is -0.134. The molecule has 240 valence electrons. The first-order valence-electron chi connectivity index (χ1n) is 14.0. The lowest BCUT2D eigenvalue weighted by Crippen LogP contribution is -2.58. The number of nitrogens with one attached hydrogen (secondary N) is 4. The third-order valence-electron chi connectivity index (χ3n) is 6.08. The van der Waals surface area contributed by atoms with Crippen LogP contribution in [0.25, 0.3) is 0 Å². The molecule has 0 aliphatic heterocycles. The summed E-state index contributed by atoms with van der Waals surface area (Å²) in [5, 5.41) is 10.4. The molecular formula is C26H48ClN9O6. The summed E-state index contributed by atoms with van der Waals surface area (Å²) in [6, 6.07) is -4.19. The summed E-state index contributed by atoms with van der Waals surface area (Å²) in [7, 11) is 0. The van der Waals surface area contributed by atoms with Crippen molar-refractivity contribution < 1.29 is 28.8 Å². The number of hydrogen-bond donors (Lipinski definition) is 8. The standard InChI is InChI=1S/C26H48ClN9O6/c1-15(2)13-20(25(42)34-17(21(38)14-27)8-6-12-32-26(30)31)36-24(41)19(9-10-22(29)39)35-23(40)18(33-16(3)37)7-4-5-11-28/h15,17-20H,4-14,28H2,1-3H3,(H2,29,39)(H,33,37)(H,34,42)(H,35,40)(H,36,41)(H4,30,31,32). The molecule has 4 unspecified atom stereocenters. The Labute approximate surface area is 252 Å². The third kappa shape index (κ3) is 17.4. The van der Waals surface area contributed by atoms with E-state index in [4.69, 9.17) is 34.5 Å². The van der Waals surface area contributed by atoms with E-state index in [2.05, 4.69) is 26.3 Å². The van der Waals surface area contributed by atoms with E-state index in [1.807, 2.05) is 13.8 Å². The van der Waals surface area contributed by atoms with Crippen molar-refractivity contribution in [2.75, 3.05) is 19.0 Å². The van der Waals surface area contributed by atoms with Gasteiger partial charge in [0.15, 0.2) is 11.7 Å².